The van der Waals surface area contributed by atoms with Crippen molar-refractivity contribution in [3.8, 4) is 0 Å². The number of methoxy groups -OCH3 is 1. The van der Waals surface area contributed by atoms with Gasteiger partial charge in [-0.1, -0.05) is 0 Å². The van der Waals surface area contributed by atoms with Gasteiger partial charge in [0.2, 0.25) is 0 Å². The Balaban J connectivity index is 2.95. The first-order chi connectivity index (χ1) is 7.54. The topological polar surface area (TPSA) is 42.4 Å². The molecule has 16 heavy (non-hydrogen) atoms. The molecule has 1 aromatic rings. The van der Waals surface area contributed by atoms with Crippen molar-refractivity contribution in [3.63, 3.8) is 0 Å². The van der Waals surface area contributed by atoms with Crippen LogP contribution in [-0.4, -0.2) is 37.1 Å². The molecule has 4 nitrogen and oxygen atoms in total. The van der Waals surface area contributed by atoms with Gasteiger partial charge >= 0.3 is 5.97 Å². The molecular weight excluding hydrogens is 204 g/mol. The molecule has 0 aliphatic heterocycles. The van der Waals surface area contributed by atoms with Crippen LogP contribution in [0.5, 0.6) is 0 Å². The minimum absolute atomic E-state index is 0.354. The fourth-order valence-electron chi connectivity index (χ4n) is 1.22. The third-order valence-electron chi connectivity index (χ3n) is 2.06. The average Bonchev–Trinajstić information content (AvgIpc) is 2.25. The predicted octanol–water partition coefficient (Wildman–Crippen LogP) is 1.71. The van der Waals surface area contributed by atoms with Gasteiger partial charge in [0.05, 0.1) is 24.1 Å². The highest BCUT2D eigenvalue weighted by Gasteiger charge is 2.09. The first-order valence-corrected chi connectivity index (χ1v) is 4.95. The van der Waals surface area contributed by atoms with Gasteiger partial charge in [-0.3, -0.25) is 4.98 Å². The smallest absolute Gasteiger partial charge is 0.339 e. The molecule has 4 heteroatoms. The molecular formula is C12H16N2O2. The summed E-state index contributed by atoms with van der Waals surface area (Å²) >= 11 is 0. The number of aryl methyl sites for hydroxylation is 1. The third kappa shape index (κ3) is 3.08. The summed E-state index contributed by atoms with van der Waals surface area (Å²) in [5.41, 5.74) is 2.00. The van der Waals surface area contributed by atoms with E-state index in [0.29, 0.717) is 11.3 Å². The van der Waals surface area contributed by atoms with E-state index in [1.807, 2.05) is 31.3 Å². The van der Waals surface area contributed by atoms with Gasteiger partial charge in [-0.25, -0.2) is 4.79 Å². The van der Waals surface area contributed by atoms with E-state index in [2.05, 4.69) is 9.72 Å². The molecule has 86 valence electrons. The van der Waals surface area contributed by atoms with E-state index in [1.165, 1.54) is 7.11 Å². The number of nitrogens with zero attached hydrogens (tertiary/aromatic N) is 2. The Hall–Kier alpha value is -1.84. The van der Waals surface area contributed by atoms with Gasteiger partial charge in [0.15, 0.2) is 0 Å². The summed E-state index contributed by atoms with van der Waals surface area (Å²) in [6.45, 7) is 1.79. The summed E-state index contributed by atoms with van der Waals surface area (Å²) in [5.74, 6) is -0.354. The monoisotopic (exact) mass is 220 g/mol. The standard InChI is InChI=1S/C12H16N2O2/c1-9-11(12(15)16-4)6-5-10(13-9)7-8-14(2)3/h5-8H,1-4H3/b8-7+. The zero-order valence-electron chi connectivity index (χ0n) is 10.0. The number of aromatic nitrogens is 1. The molecule has 0 amide bonds. The van der Waals surface area contributed by atoms with E-state index in [-0.39, 0.29) is 5.97 Å². The normalized spacial score (nSPS) is 10.5. The van der Waals surface area contributed by atoms with Crippen LogP contribution in [0.3, 0.4) is 0 Å². The van der Waals surface area contributed by atoms with E-state index in [1.54, 1.807) is 19.1 Å². The van der Waals surface area contributed by atoms with Crippen molar-refractivity contribution < 1.29 is 9.53 Å². The van der Waals surface area contributed by atoms with E-state index < -0.39 is 0 Å². The van der Waals surface area contributed by atoms with Gasteiger partial charge in [0.1, 0.15) is 0 Å². The van der Waals surface area contributed by atoms with E-state index in [0.717, 1.165) is 5.69 Å². The number of hydrogen-bond acceptors (Lipinski definition) is 4. The van der Waals surface area contributed by atoms with Crippen molar-refractivity contribution >= 4 is 12.0 Å². The summed E-state index contributed by atoms with van der Waals surface area (Å²) < 4.78 is 4.65. The molecule has 1 aromatic heterocycles. The van der Waals surface area contributed by atoms with Crippen LogP contribution in [0.1, 0.15) is 21.7 Å². The lowest BCUT2D eigenvalue weighted by Crippen LogP contribution is -2.06. The molecule has 0 fully saturated rings. The Labute approximate surface area is 95.6 Å². The van der Waals surface area contributed by atoms with Gasteiger partial charge < -0.3 is 9.64 Å². The maximum Gasteiger partial charge on any atom is 0.339 e. The number of pyridine rings is 1. The van der Waals surface area contributed by atoms with Crippen LogP contribution in [0.25, 0.3) is 6.08 Å². The van der Waals surface area contributed by atoms with Crippen molar-refractivity contribution in [2.45, 2.75) is 6.92 Å². The minimum atomic E-state index is -0.354. The highest BCUT2D eigenvalue weighted by atomic mass is 16.5. The van der Waals surface area contributed by atoms with Crippen molar-refractivity contribution in [3.05, 3.63) is 35.3 Å². The molecule has 0 radical (unpaired) electrons. The van der Waals surface area contributed by atoms with Crippen LogP contribution >= 0.6 is 0 Å². The van der Waals surface area contributed by atoms with Gasteiger partial charge in [-0.15, -0.1) is 0 Å². The lowest BCUT2D eigenvalue weighted by Gasteiger charge is -2.05. The highest BCUT2D eigenvalue weighted by Crippen LogP contribution is 2.09. The van der Waals surface area contributed by atoms with E-state index >= 15 is 0 Å². The highest BCUT2D eigenvalue weighted by molar-refractivity contribution is 5.90. The van der Waals surface area contributed by atoms with Gasteiger partial charge in [0, 0.05) is 20.3 Å². The zero-order valence-corrected chi connectivity index (χ0v) is 10.0. The second kappa shape index (κ2) is 5.30. The second-order valence-electron chi connectivity index (χ2n) is 3.64. The Bertz CT molecular complexity index is 411. The van der Waals surface area contributed by atoms with Crippen LogP contribution < -0.4 is 0 Å². The Kier molecular flexibility index (Phi) is 4.05. The predicted molar refractivity (Wildman–Crippen MR) is 63.0 cm³/mol. The van der Waals surface area contributed by atoms with Crippen LogP contribution in [0, 0.1) is 6.92 Å². The molecule has 1 rings (SSSR count). The number of hydrogen-bond donors (Lipinski definition) is 0. The molecule has 0 aliphatic carbocycles. The van der Waals surface area contributed by atoms with Gasteiger partial charge in [-0.05, 0) is 25.1 Å². The van der Waals surface area contributed by atoms with Gasteiger partial charge in [-0.2, -0.15) is 0 Å². The summed E-state index contributed by atoms with van der Waals surface area (Å²) in [4.78, 5) is 17.5. The van der Waals surface area contributed by atoms with Crippen molar-refractivity contribution in [1.29, 1.82) is 0 Å². The fourth-order valence-corrected chi connectivity index (χ4v) is 1.22. The van der Waals surface area contributed by atoms with E-state index in [4.69, 9.17) is 0 Å². The Morgan fingerprint density at radius 1 is 1.44 bits per heavy atom. The second-order valence-corrected chi connectivity index (χ2v) is 3.64. The van der Waals surface area contributed by atoms with Crippen LogP contribution in [0.4, 0.5) is 0 Å². The lowest BCUT2D eigenvalue weighted by atomic mass is 10.2. The SMILES string of the molecule is COC(=O)c1ccc(/C=C/N(C)C)nc1C. The number of rotatable bonds is 3. The molecule has 0 bridgehead atoms. The maximum absolute atomic E-state index is 11.3. The third-order valence-corrected chi connectivity index (χ3v) is 2.06. The maximum atomic E-state index is 11.3. The molecule has 0 saturated heterocycles. The summed E-state index contributed by atoms with van der Waals surface area (Å²) in [6, 6.07) is 3.52. The van der Waals surface area contributed by atoms with Crippen molar-refractivity contribution in [2.24, 2.45) is 0 Å². The molecule has 1 heterocycles. The van der Waals surface area contributed by atoms with Crippen LogP contribution in [0.2, 0.25) is 0 Å². The molecule has 0 aliphatic rings. The lowest BCUT2D eigenvalue weighted by molar-refractivity contribution is 0.0599. The van der Waals surface area contributed by atoms with Crippen LogP contribution in [-0.2, 0) is 4.74 Å². The summed E-state index contributed by atoms with van der Waals surface area (Å²) in [7, 11) is 5.24. The van der Waals surface area contributed by atoms with Crippen molar-refractivity contribution in [2.75, 3.05) is 21.2 Å². The Morgan fingerprint density at radius 2 is 2.12 bits per heavy atom. The number of carbonyl (C=O) groups excluding carboxylic acids is 1. The van der Waals surface area contributed by atoms with Crippen LogP contribution in [0.15, 0.2) is 18.3 Å². The summed E-state index contributed by atoms with van der Waals surface area (Å²) in [6.07, 6.45) is 3.79. The molecule has 0 aromatic carbocycles. The molecule has 0 spiro atoms. The minimum Gasteiger partial charge on any atom is -0.465 e. The molecule has 0 saturated carbocycles. The quantitative estimate of drug-likeness (QED) is 0.727. The molecule has 0 N–H and O–H groups in total. The fraction of sp³-hybridized carbons (Fsp3) is 0.333. The first kappa shape index (κ1) is 12.2. The van der Waals surface area contributed by atoms with E-state index in [9.17, 15) is 4.79 Å². The molecule has 0 unspecified atom stereocenters. The zero-order chi connectivity index (χ0) is 12.1. The summed E-state index contributed by atoms with van der Waals surface area (Å²) in [5, 5.41) is 0. The number of esters is 1. The number of ether oxygens (including phenoxy) is 1. The molecule has 0 atom stereocenters. The van der Waals surface area contributed by atoms with Crippen molar-refractivity contribution in [1.82, 2.24) is 9.88 Å². The largest absolute Gasteiger partial charge is 0.465 e. The average molecular weight is 220 g/mol. The first-order valence-electron chi connectivity index (χ1n) is 4.95. The van der Waals surface area contributed by atoms with Gasteiger partial charge in [0.25, 0.3) is 0 Å². The number of carbonyl (C=O) groups is 1. The Morgan fingerprint density at radius 3 is 2.62 bits per heavy atom.